The van der Waals surface area contributed by atoms with Gasteiger partial charge in [-0.05, 0) is 25.7 Å². The highest BCUT2D eigenvalue weighted by Gasteiger charge is 2.32. The first kappa shape index (κ1) is 10.7. The van der Waals surface area contributed by atoms with E-state index in [4.69, 9.17) is 0 Å². The summed E-state index contributed by atoms with van der Waals surface area (Å²) in [6.07, 6.45) is 4.98. The normalized spacial score (nSPS) is 23.9. The molecule has 2 aliphatic rings. The van der Waals surface area contributed by atoms with E-state index in [0.717, 1.165) is 32.0 Å². The summed E-state index contributed by atoms with van der Waals surface area (Å²) in [6, 6.07) is 1.30. The molecule has 1 saturated carbocycles. The van der Waals surface area contributed by atoms with Crippen LogP contribution in [0.2, 0.25) is 0 Å². The van der Waals surface area contributed by atoms with E-state index in [1.165, 1.54) is 12.8 Å². The third kappa shape index (κ3) is 2.84. The molecule has 4 heteroatoms. The first-order valence-electron chi connectivity index (χ1n) is 5.88. The summed E-state index contributed by atoms with van der Waals surface area (Å²) >= 11 is 0. The van der Waals surface area contributed by atoms with Gasteiger partial charge < -0.3 is 15.1 Å². The van der Waals surface area contributed by atoms with E-state index in [1.54, 1.807) is 19.0 Å². The lowest BCUT2D eigenvalue weighted by Gasteiger charge is -2.32. The van der Waals surface area contributed by atoms with Crippen LogP contribution in [0.5, 0.6) is 0 Å². The van der Waals surface area contributed by atoms with Crippen LogP contribution in [0.1, 0.15) is 25.7 Å². The monoisotopic (exact) mass is 211 g/mol. The predicted octanol–water partition coefficient (Wildman–Crippen LogP) is 0.884. The molecule has 2 amide bonds. The Morgan fingerprint density at radius 3 is 2.27 bits per heavy atom. The number of nitrogens with zero attached hydrogens (tertiary/aromatic N) is 2. The van der Waals surface area contributed by atoms with Crippen LogP contribution in [0.15, 0.2) is 0 Å². The smallest absolute Gasteiger partial charge is 0.317 e. The zero-order valence-corrected chi connectivity index (χ0v) is 9.70. The molecule has 1 heterocycles. The molecule has 4 nitrogen and oxygen atoms in total. The van der Waals surface area contributed by atoms with Gasteiger partial charge in [-0.1, -0.05) is 0 Å². The Hall–Kier alpha value is -0.770. The number of amides is 2. The Morgan fingerprint density at radius 2 is 1.80 bits per heavy atom. The summed E-state index contributed by atoms with van der Waals surface area (Å²) in [6.45, 7) is 2.31. The number of urea groups is 1. The Morgan fingerprint density at radius 1 is 1.20 bits per heavy atom. The average Bonchev–Trinajstić information content (AvgIpc) is 3.02. The third-order valence-electron chi connectivity index (χ3n) is 3.33. The summed E-state index contributed by atoms with van der Waals surface area (Å²) in [5.41, 5.74) is 0. The van der Waals surface area contributed by atoms with Crippen molar-refractivity contribution in [3.63, 3.8) is 0 Å². The van der Waals surface area contributed by atoms with Crippen molar-refractivity contribution >= 4 is 6.03 Å². The van der Waals surface area contributed by atoms with E-state index >= 15 is 0 Å². The van der Waals surface area contributed by atoms with Gasteiger partial charge in [0.05, 0.1) is 0 Å². The quantitative estimate of drug-likeness (QED) is 0.736. The molecule has 15 heavy (non-hydrogen) atoms. The number of nitrogens with one attached hydrogen (secondary N) is 1. The summed E-state index contributed by atoms with van der Waals surface area (Å²) < 4.78 is 0. The largest absolute Gasteiger partial charge is 0.335 e. The minimum Gasteiger partial charge on any atom is -0.335 e. The molecule has 2 fully saturated rings. The summed E-state index contributed by atoms with van der Waals surface area (Å²) in [7, 11) is 3.57. The molecule has 0 aromatic rings. The molecule has 1 aliphatic heterocycles. The van der Waals surface area contributed by atoms with Gasteiger partial charge in [0.1, 0.15) is 0 Å². The van der Waals surface area contributed by atoms with Crippen LogP contribution in [-0.4, -0.2) is 55.1 Å². The lowest BCUT2D eigenvalue weighted by atomic mass is 10.1. The van der Waals surface area contributed by atoms with Crippen molar-refractivity contribution in [2.24, 2.45) is 0 Å². The number of hydrogen-bond donors (Lipinski definition) is 1. The topological polar surface area (TPSA) is 35.6 Å². The van der Waals surface area contributed by atoms with Crippen molar-refractivity contribution in [1.82, 2.24) is 15.1 Å². The Bertz CT molecular complexity index is 230. The molecule has 1 N–H and O–H groups in total. The van der Waals surface area contributed by atoms with Gasteiger partial charge in [0, 0.05) is 39.3 Å². The van der Waals surface area contributed by atoms with Crippen molar-refractivity contribution in [1.29, 1.82) is 0 Å². The van der Waals surface area contributed by atoms with Gasteiger partial charge in [-0.3, -0.25) is 0 Å². The molecule has 1 saturated heterocycles. The highest BCUT2D eigenvalue weighted by Crippen LogP contribution is 2.29. The second kappa shape index (κ2) is 4.39. The standard InChI is InChI=1S/C11H21N3O/c1-13(2)11(15)12-9-5-7-14(8-6-9)10-3-4-10/h9-10H,3-8H2,1-2H3,(H,12,15). The van der Waals surface area contributed by atoms with E-state index in [1.807, 2.05) is 0 Å². The molecule has 0 unspecified atom stereocenters. The highest BCUT2D eigenvalue weighted by molar-refractivity contribution is 5.73. The maximum absolute atomic E-state index is 11.4. The first-order valence-corrected chi connectivity index (χ1v) is 5.88. The fourth-order valence-corrected chi connectivity index (χ4v) is 2.15. The average molecular weight is 211 g/mol. The fraction of sp³-hybridized carbons (Fsp3) is 0.909. The number of piperidine rings is 1. The summed E-state index contributed by atoms with van der Waals surface area (Å²) in [4.78, 5) is 15.6. The van der Waals surface area contributed by atoms with Gasteiger partial charge in [-0.25, -0.2) is 4.79 Å². The minimum absolute atomic E-state index is 0.0415. The molecule has 1 aliphatic carbocycles. The van der Waals surface area contributed by atoms with Gasteiger partial charge in [-0.2, -0.15) is 0 Å². The van der Waals surface area contributed by atoms with Gasteiger partial charge in [0.15, 0.2) is 0 Å². The van der Waals surface area contributed by atoms with Crippen LogP contribution in [-0.2, 0) is 0 Å². The predicted molar refractivity (Wildman–Crippen MR) is 59.8 cm³/mol. The number of hydrogen-bond acceptors (Lipinski definition) is 2. The number of likely N-dealkylation sites (tertiary alicyclic amines) is 1. The summed E-state index contributed by atoms with van der Waals surface area (Å²) in [5.74, 6) is 0. The molecular weight excluding hydrogens is 190 g/mol. The van der Waals surface area contributed by atoms with E-state index in [9.17, 15) is 4.79 Å². The molecule has 86 valence electrons. The van der Waals surface area contributed by atoms with Crippen molar-refractivity contribution in [3.05, 3.63) is 0 Å². The Balaban J connectivity index is 1.70. The molecular formula is C11H21N3O. The number of carbonyl (C=O) groups excluding carboxylic acids is 1. The molecule has 0 radical (unpaired) electrons. The van der Waals surface area contributed by atoms with Crippen molar-refractivity contribution < 1.29 is 4.79 Å². The van der Waals surface area contributed by atoms with Gasteiger partial charge in [-0.15, -0.1) is 0 Å². The zero-order valence-electron chi connectivity index (χ0n) is 9.70. The van der Waals surface area contributed by atoms with E-state index < -0.39 is 0 Å². The lowest BCUT2D eigenvalue weighted by Crippen LogP contribution is -2.47. The molecule has 0 aromatic carbocycles. The zero-order chi connectivity index (χ0) is 10.8. The molecule has 0 atom stereocenters. The minimum atomic E-state index is 0.0415. The molecule has 0 spiro atoms. The highest BCUT2D eigenvalue weighted by atomic mass is 16.2. The van der Waals surface area contributed by atoms with Crippen LogP contribution in [0.4, 0.5) is 4.79 Å². The van der Waals surface area contributed by atoms with Gasteiger partial charge in [0.2, 0.25) is 0 Å². The van der Waals surface area contributed by atoms with Crippen LogP contribution < -0.4 is 5.32 Å². The first-order chi connectivity index (χ1) is 7.16. The van der Waals surface area contributed by atoms with Crippen LogP contribution in [0, 0.1) is 0 Å². The maximum Gasteiger partial charge on any atom is 0.317 e. The van der Waals surface area contributed by atoms with Crippen LogP contribution in [0.25, 0.3) is 0 Å². The molecule has 0 bridgehead atoms. The SMILES string of the molecule is CN(C)C(=O)NC1CCN(C2CC2)CC1. The summed E-state index contributed by atoms with van der Waals surface area (Å²) in [5, 5.41) is 3.06. The third-order valence-corrected chi connectivity index (χ3v) is 3.33. The van der Waals surface area contributed by atoms with Crippen LogP contribution in [0.3, 0.4) is 0 Å². The second-order valence-electron chi connectivity index (χ2n) is 4.89. The van der Waals surface area contributed by atoms with E-state index in [-0.39, 0.29) is 6.03 Å². The van der Waals surface area contributed by atoms with Gasteiger partial charge >= 0.3 is 6.03 Å². The van der Waals surface area contributed by atoms with Crippen molar-refractivity contribution in [3.8, 4) is 0 Å². The fourth-order valence-electron chi connectivity index (χ4n) is 2.15. The van der Waals surface area contributed by atoms with Crippen LogP contribution >= 0.6 is 0 Å². The Labute approximate surface area is 91.6 Å². The molecule has 0 aromatic heterocycles. The number of rotatable bonds is 2. The van der Waals surface area contributed by atoms with Crippen molar-refractivity contribution in [2.45, 2.75) is 37.8 Å². The number of carbonyl (C=O) groups is 1. The second-order valence-corrected chi connectivity index (χ2v) is 4.89. The Kier molecular flexibility index (Phi) is 3.14. The lowest BCUT2D eigenvalue weighted by molar-refractivity contribution is 0.177. The van der Waals surface area contributed by atoms with Gasteiger partial charge in [0.25, 0.3) is 0 Å². The van der Waals surface area contributed by atoms with Crippen molar-refractivity contribution in [2.75, 3.05) is 27.2 Å². The maximum atomic E-state index is 11.4. The van der Waals surface area contributed by atoms with E-state index in [0.29, 0.717) is 6.04 Å². The molecule has 2 rings (SSSR count). The van der Waals surface area contributed by atoms with E-state index in [2.05, 4.69) is 10.2 Å².